The van der Waals surface area contributed by atoms with Gasteiger partial charge in [0.2, 0.25) is 0 Å². The molecule has 4 heteroatoms. The fraction of sp³-hybridized carbons (Fsp3) is 0.889. The first-order chi connectivity index (χ1) is 6.10. The predicted octanol–water partition coefficient (Wildman–Crippen LogP) is 1.03. The van der Waals surface area contributed by atoms with Crippen molar-refractivity contribution in [3.05, 3.63) is 0 Å². The first-order valence-corrected chi connectivity index (χ1v) is 5.70. The second kappa shape index (κ2) is 4.33. The van der Waals surface area contributed by atoms with Gasteiger partial charge in [-0.15, -0.1) is 0 Å². The highest BCUT2D eigenvalue weighted by molar-refractivity contribution is 7.99. The average molecular weight is 203 g/mol. The lowest BCUT2D eigenvalue weighted by Gasteiger charge is -2.28. The molecule has 1 atom stereocenters. The molecule has 1 heterocycles. The third-order valence-corrected chi connectivity index (χ3v) is 3.35. The Morgan fingerprint density at radius 2 is 2.31 bits per heavy atom. The van der Waals surface area contributed by atoms with Gasteiger partial charge < -0.3 is 4.74 Å². The molecule has 1 saturated heterocycles. The minimum Gasteiger partial charge on any atom is -0.468 e. The molecule has 0 radical (unpaired) electrons. The van der Waals surface area contributed by atoms with Crippen LogP contribution in [0.25, 0.3) is 0 Å². The number of hydrogen-bond acceptors (Lipinski definition) is 4. The van der Waals surface area contributed by atoms with E-state index >= 15 is 0 Å². The molecule has 76 valence electrons. The fourth-order valence-corrected chi connectivity index (χ4v) is 2.98. The van der Waals surface area contributed by atoms with Crippen molar-refractivity contribution in [3.63, 3.8) is 0 Å². The molecular weight excluding hydrogens is 186 g/mol. The van der Waals surface area contributed by atoms with Crippen molar-refractivity contribution in [2.75, 3.05) is 18.6 Å². The number of carbonyl (C=O) groups excluding carboxylic acids is 1. The van der Waals surface area contributed by atoms with Crippen LogP contribution in [0.4, 0.5) is 0 Å². The van der Waals surface area contributed by atoms with Crippen LogP contribution in [0, 0.1) is 0 Å². The zero-order valence-electron chi connectivity index (χ0n) is 8.42. The molecule has 13 heavy (non-hydrogen) atoms. The highest BCUT2D eigenvalue weighted by atomic mass is 32.2. The van der Waals surface area contributed by atoms with Crippen LogP contribution in [0.3, 0.4) is 0 Å². The van der Waals surface area contributed by atoms with E-state index in [1.54, 1.807) is 11.8 Å². The van der Waals surface area contributed by atoms with Crippen molar-refractivity contribution >= 4 is 17.7 Å². The molecule has 0 spiro atoms. The minimum absolute atomic E-state index is 0.119. The number of methoxy groups -OCH3 is 1. The minimum atomic E-state index is -0.423. The van der Waals surface area contributed by atoms with Gasteiger partial charge in [0, 0.05) is 11.8 Å². The zero-order chi connectivity index (χ0) is 9.90. The van der Waals surface area contributed by atoms with E-state index in [2.05, 4.69) is 5.32 Å². The smallest absolute Gasteiger partial charge is 0.326 e. The molecule has 0 saturated carbocycles. The summed E-state index contributed by atoms with van der Waals surface area (Å²) in [5.41, 5.74) is -0.423. The Bertz CT molecular complexity index is 188. The summed E-state index contributed by atoms with van der Waals surface area (Å²) >= 11 is 1.80. The van der Waals surface area contributed by atoms with E-state index in [-0.39, 0.29) is 5.97 Å². The van der Waals surface area contributed by atoms with Crippen molar-refractivity contribution in [2.24, 2.45) is 0 Å². The van der Waals surface area contributed by atoms with Gasteiger partial charge >= 0.3 is 5.97 Å². The summed E-state index contributed by atoms with van der Waals surface area (Å²) < 4.78 is 4.82. The average Bonchev–Trinajstić information content (AvgIpc) is 2.51. The third kappa shape index (κ3) is 2.38. The number of thioether (sulfide) groups is 1. The maximum absolute atomic E-state index is 11.6. The van der Waals surface area contributed by atoms with E-state index in [1.165, 1.54) is 7.11 Å². The maximum Gasteiger partial charge on any atom is 0.326 e. The Hall–Kier alpha value is -0.220. The van der Waals surface area contributed by atoms with E-state index in [1.807, 2.05) is 13.8 Å². The Balaban J connectivity index is 2.68. The summed E-state index contributed by atoms with van der Waals surface area (Å²) in [6.07, 6.45) is 0.878. The predicted molar refractivity (Wildman–Crippen MR) is 55.0 cm³/mol. The highest BCUT2D eigenvalue weighted by Crippen LogP contribution is 2.29. The van der Waals surface area contributed by atoms with Gasteiger partial charge in [0.1, 0.15) is 5.54 Å². The van der Waals surface area contributed by atoms with Gasteiger partial charge in [0.15, 0.2) is 0 Å². The number of nitrogens with one attached hydrogen (secondary N) is 1. The second-order valence-corrected chi connectivity index (χ2v) is 4.78. The number of carbonyl (C=O) groups is 1. The molecule has 1 rings (SSSR count). The Labute approximate surface area is 83.6 Å². The van der Waals surface area contributed by atoms with Crippen molar-refractivity contribution in [1.82, 2.24) is 5.32 Å². The summed E-state index contributed by atoms with van der Waals surface area (Å²) in [6.45, 7) is 4.10. The molecule has 1 unspecified atom stereocenters. The molecular formula is C9H17NO2S. The van der Waals surface area contributed by atoms with Gasteiger partial charge in [-0.1, -0.05) is 0 Å². The first-order valence-electron chi connectivity index (χ1n) is 4.54. The normalized spacial score (nSPS) is 28.0. The summed E-state index contributed by atoms with van der Waals surface area (Å²) in [5.74, 6) is 1.75. The summed E-state index contributed by atoms with van der Waals surface area (Å²) in [6, 6.07) is 0.317. The van der Waals surface area contributed by atoms with Crippen molar-refractivity contribution in [1.29, 1.82) is 0 Å². The zero-order valence-corrected chi connectivity index (χ0v) is 9.24. The van der Waals surface area contributed by atoms with Gasteiger partial charge in [-0.25, -0.2) is 0 Å². The van der Waals surface area contributed by atoms with Crippen LogP contribution in [0.5, 0.6) is 0 Å². The fourth-order valence-electron chi connectivity index (χ4n) is 1.65. The largest absolute Gasteiger partial charge is 0.468 e. The van der Waals surface area contributed by atoms with Gasteiger partial charge in [-0.2, -0.15) is 11.8 Å². The molecule has 0 aliphatic carbocycles. The topological polar surface area (TPSA) is 38.3 Å². The van der Waals surface area contributed by atoms with Crippen molar-refractivity contribution in [3.8, 4) is 0 Å². The number of ether oxygens (including phenoxy) is 1. The summed E-state index contributed by atoms with van der Waals surface area (Å²) in [4.78, 5) is 11.6. The van der Waals surface area contributed by atoms with E-state index in [0.717, 1.165) is 17.9 Å². The SMILES string of the molecule is COC(=O)C1(NC(C)C)CCSC1. The van der Waals surface area contributed by atoms with E-state index < -0.39 is 5.54 Å². The molecule has 1 fully saturated rings. The lowest BCUT2D eigenvalue weighted by Crippen LogP contribution is -2.55. The van der Waals surface area contributed by atoms with Crippen LogP contribution in [-0.4, -0.2) is 36.2 Å². The molecule has 0 bridgehead atoms. The summed E-state index contributed by atoms with van der Waals surface area (Å²) in [7, 11) is 1.45. The van der Waals surface area contributed by atoms with Crippen LogP contribution >= 0.6 is 11.8 Å². The monoisotopic (exact) mass is 203 g/mol. The lowest BCUT2D eigenvalue weighted by molar-refractivity contribution is -0.147. The van der Waals surface area contributed by atoms with Crippen LogP contribution in [-0.2, 0) is 9.53 Å². The van der Waals surface area contributed by atoms with Crippen LogP contribution in [0.15, 0.2) is 0 Å². The van der Waals surface area contributed by atoms with Crippen molar-refractivity contribution < 1.29 is 9.53 Å². The van der Waals surface area contributed by atoms with Crippen molar-refractivity contribution in [2.45, 2.75) is 31.8 Å². The van der Waals surface area contributed by atoms with Crippen LogP contribution in [0.2, 0.25) is 0 Å². The third-order valence-electron chi connectivity index (χ3n) is 2.16. The van der Waals surface area contributed by atoms with E-state index in [9.17, 15) is 4.79 Å². The molecule has 1 aliphatic heterocycles. The Morgan fingerprint density at radius 3 is 2.69 bits per heavy atom. The number of hydrogen-bond donors (Lipinski definition) is 1. The molecule has 1 N–H and O–H groups in total. The number of esters is 1. The highest BCUT2D eigenvalue weighted by Gasteiger charge is 2.42. The quantitative estimate of drug-likeness (QED) is 0.695. The number of rotatable bonds is 3. The Kier molecular flexibility index (Phi) is 3.62. The maximum atomic E-state index is 11.6. The van der Waals surface area contributed by atoms with Crippen LogP contribution < -0.4 is 5.32 Å². The van der Waals surface area contributed by atoms with E-state index in [0.29, 0.717) is 6.04 Å². The lowest BCUT2D eigenvalue weighted by atomic mass is 9.98. The Morgan fingerprint density at radius 1 is 1.62 bits per heavy atom. The van der Waals surface area contributed by atoms with Gasteiger partial charge in [0.25, 0.3) is 0 Å². The van der Waals surface area contributed by atoms with Gasteiger partial charge in [-0.3, -0.25) is 10.1 Å². The van der Waals surface area contributed by atoms with Gasteiger partial charge in [0.05, 0.1) is 7.11 Å². The molecule has 0 amide bonds. The van der Waals surface area contributed by atoms with E-state index in [4.69, 9.17) is 4.74 Å². The van der Waals surface area contributed by atoms with Gasteiger partial charge in [-0.05, 0) is 26.0 Å². The molecule has 0 aromatic carbocycles. The first kappa shape index (κ1) is 10.9. The molecule has 0 aromatic rings. The molecule has 1 aliphatic rings. The standard InChI is InChI=1S/C9H17NO2S/c1-7(2)10-9(8(11)12-3)4-5-13-6-9/h7,10H,4-6H2,1-3H3. The second-order valence-electron chi connectivity index (χ2n) is 3.68. The van der Waals surface area contributed by atoms with Crippen LogP contribution in [0.1, 0.15) is 20.3 Å². The molecule has 3 nitrogen and oxygen atoms in total. The summed E-state index contributed by atoms with van der Waals surface area (Å²) in [5, 5.41) is 3.31. The molecule has 0 aromatic heterocycles.